The number of halogens is 1. The minimum absolute atomic E-state index is 0.0343. The average molecular weight is 459 g/mol. The van der Waals surface area contributed by atoms with Crippen molar-refractivity contribution in [2.24, 2.45) is 0 Å². The van der Waals surface area contributed by atoms with Gasteiger partial charge in [-0.2, -0.15) is 0 Å². The Morgan fingerprint density at radius 2 is 2.00 bits per heavy atom. The zero-order valence-corrected chi connectivity index (χ0v) is 19.3. The quantitative estimate of drug-likeness (QED) is 0.533. The maximum absolute atomic E-state index is 12.7. The SMILES string of the molecule is CCN(C)C(=O)CCCN1C(=O)COc2ccc(C(=O)COc3ccc(Cl)cc3C)cc21. The van der Waals surface area contributed by atoms with Crippen molar-refractivity contribution in [3.8, 4) is 11.5 Å². The van der Waals surface area contributed by atoms with Crippen molar-refractivity contribution in [3.63, 3.8) is 0 Å². The van der Waals surface area contributed by atoms with E-state index in [-0.39, 0.29) is 30.8 Å². The summed E-state index contributed by atoms with van der Waals surface area (Å²) < 4.78 is 11.2. The monoisotopic (exact) mass is 458 g/mol. The predicted molar refractivity (Wildman–Crippen MR) is 123 cm³/mol. The Labute approximate surface area is 192 Å². The minimum Gasteiger partial charge on any atom is -0.485 e. The van der Waals surface area contributed by atoms with Gasteiger partial charge in [0.05, 0.1) is 5.69 Å². The molecule has 0 radical (unpaired) electrons. The Morgan fingerprint density at radius 3 is 2.72 bits per heavy atom. The van der Waals surface area contributed by atoms with Gasteiger partial charge in [-0.25, -0.2) is 0 Å². The van der Waals surface area contributed by atoms with Gasteiger partial charge in [0.2, 0.25) is 5.91 Å². The van der Waals surface area contributed by atoms with Gasteiger partial charge in [-0.1, -0.05) is 11.6 Å². The lowest BCUT2D eigenvalue weighted by molar-refractivity contribution is -0.130. The van der Waals surface area contributed by atoms with Crippen LogP contribution in [0.1, 0.15) is 35.7 Å². The molecule has 0 saturated carbocycles. The number of aryl methyl sites for hydroxylation is 1. The molecule has 1 aliphatic rings. The lowest BCUT2D eigenvalue weighted by atomic mass is 10.1. The molecule has 0 bridgehead atoms. The first kappa shape index (κ1) is 23.6. The Hall–Kier alpha value is -3.06. The average Bonchev–Trinajstić information content (AvgIpc) is 2.78. The molecule has 0 atom stereocenters. The molecule has 170 valence electrons. The summed E-state index contributed by atoms with van der Waals surface area (Å²) in [5.41, 5.74) is 1.79. The van der Waals surface area contributed by atoms with Crippen LogP contribution in [-0.2, 0) is 9.59 Å². The fourth-order valence-electron chi connectivity index (χ4n) is 3.38. The Balaban J connectivity index is 1.69. The van der Waals surface area contributed by atoms with Crippen LogP contribution in [0.3, 0.4) is 0 Å². The largest absolute Gasteiger partial charge is 0.485 e. The summed E-state index contributed by atoms with van der Waals surface area (Å²) in [6.45, 7) is 4.57. The van der Waals surface area contributed by atoms with E-state index in [4.69, 9.17) is 21.1 Å². The summed E-state index contributed by atoms with van der Waals surface area (Å²) in [6.07, 6.45) is 0.864. The van der Waals surface area contributed by atoms with Gasteiger partial charge >= 0.3 is 0 Å². The molecule has 2 aromatic rings. The van der Waals surface area contributed by atoms with Crippen LogP contribution in [-0.4, -0.2) is 55.8 Å². The Morgan fingerprint density at radius 1 is 1.22 bits per heavy atom. The third-order valence-corrected chi connectivity index (χ3v) is 5.63. The molecule has 3 rings (SSSR count). The van der Waals surface area contributed by atoms with Crippen LogP contribution in [0.4, 0.5) is 5.69 Å². The van der Waals surface area contributed by atoms with Gasteiger partial charge < -0.3 is 19.3 Å². The van der Waals surface area contributed by atoms with E-state index in [1.807, 2.05) is 13.8 Å². The van der Waals surface area contributed by atoms with Crippen molar-refractivity contribution in [1.29, 1.82) is 0 Å². The van der Waals surface area contributed by atoms with Gasteiger partial charge in [-0.15, -0.1) is 0 Å². The molecule has 2 aromatic carbocycles. The van der Waals surface area contributed by atoms with Crippen LogP contribution < -0.4 is 14.4 Å². The second-order valence-corrected chi connectivity index (χ2v) is 8.09. The smallest absolute Gasteiger partial charge is 0.265 e. The molecule has 1 heterocycles. The molecular formula is C24H27ClN2O5. The highest BCUT2D eigenvalue weighted by Crippen LogP contribution is 2.33. The van der Waals surface area contributed by atoms with Crippen LogP contribution in [0.15, 0.2) is 36.4 Å². The van der Waals surface area contributed by atoms with E-state index in [9.17, 15) is 14.4 Å². The third-order valence-electron chi connectivity index (χ3n) is 5.39. The molecule has 0 unspecified atom stereocenters. The molecule has 1 aliphatic heterocycles. The number of nitrogens with zero attached hydrogens (tertiary/aromatic N) is 2. The summed E-state index contributed by atoms with van der Waals surface area (Å²) in [6, 6.07) is 10.2. The number of ether oxygens (including phenoxy) is 2. The first-order valence-electron chi connectivity index (χ1n) is 10.5. The van der Waals surface area contributed by atoms with E-state index < -0.39 is 0 Å². The summed E-state index contributed by atoms with van der Waals surface area (Å²) in [5.74, 6) is 0.730. The number of hydrogen-bond donors (Lipinski definition) is 0. The maximum Gasteiger partial charge on any atom is 0.265 e. The normalized spacial score (nSPS) is 12.8. The van der Waals surface area contributed by atoms with E-state index in [0.717, 1.165) is 5.56 Å². The number of carbonyl (C=O) groups excluding carboxylic acids is 3. The number of ketones is 1. The van der Waals surface area contributed by atoms with E-state index >= 15 is 0 Å². The highest BCUT2D eigenvalue weighted by Gasteiger charge is 2.26. The van der Waals surface area contributed by atoms with Gasteiger partial charge in [0.1, 0.15) is 11.5 Å². The fourth-order valence-corrected chi connectivity index (χ4v) is 3.60. The number of anilines is 1. The number of carbonyl (C=O) groups is 3. The summed E-state index contributed by atoms with van der Waals surface area (Å²) in [4.78, 5) is 40.5. The summed E-state index contributed by atoms with van der Waals surface area (Å²) in [5, 5.41) is 0.601. The molecule has 0 aliphatic carbocycles. The molecule has 0 spiro atoms. The molecular weight excluding hydrogens is 432 g/mol. The van der Waals surface area contributed by atoms with Crippen LogP contribution in [0.5, 0.6) is 11.5 Å². The number of fused-ring (bicyclic) bond motifs is 1. The van der Waals surface area contributed by atoms with Crippen LogP contribution in [0, 0.1) is 6.92 Å². The van der Waals surface area contributed by atoms with E-state index in [1.165, 1.54) is 0 Å². The second kappa shape index (κ2) is 10.5. The van der Waals surface area contributed by atoms with Crippen molar-refractivity contribution in [3.05, 3.63) is 52.5 Å². The van der Waals surface area contributed by atoms with Gasteiger partial charge in [0.15, 0.2) is 19.0 Å². The van der Waals surface area contributed by atoms with Crippen molar-refractivity contribution in [2.75, 3.05) is 38.3 Å². The minimum atomic E-state index is -0.222. The standard InChI is InChI=1S/C24H27ClN2O5/c1-4-26(3)23(29)6-5-11-27-19-13-17(7-9-22(19)32-15-24(27)30)20(28)14-31-21-10-8-18(25)12-16(21)2/h7-10,12-13H,4-6,11,14-15H2,1-3H3. The third kappa shape index (κ3) is 5.59. The van der Waals surface area contributed by atoms with Crippen molar-refractivity contribution in [1.82, 2.24) is 4.90 Å². The number of amides is 2. The molecule has 7 nitrogen and oxygen atoms in total. The molecule has 0 N–H and O–H groups in total. The van der Waals surface area contributed by atoms with Gasteiger partial charge in [0.25, 0.3) is 5.91 Å². The Kier molecular flexibility index (Phi) is 7.75. The van der Waals surface area contributed by atoms with Crippen molar-refractivity contribution >= 4 is 34.9 Å². The van der Waals surface area contributed by atoms with E-state index in [1.54, 1.807) is 53.2 Å². The Bertz CT molecular complexity index is 1020. The highest BCUT2D eigenvalue weighted by molar-refractivity contribution is 6.30. The van der Waals surface area contributed by atoms with Gasteiger partial charge in [0, 0.05) is 37.1 Å². The molecule has 0 saturated heterocycles. The maximum atomic E-state index is 12.7. The summed E-state index contributed by atoms with van der Waals surface area (Å²) >= 11 is 5.96. The van der Waals surface area contributed by atoms with Crippen molar-refractivity contribution < 1.29 is 23.9 Å². The van der Waals surface area contributed by atoms with Crippen LogP contribution in [0.25, 0.3) is 0 Å². The zero-order valence-electron chi connectivity index (χ0n) is 18.5. The van der Waals surface area contributed by atoms with Gasteiger partial charge in [-0.3, -0.25) is 14.4 Å². The lowest BCUT2D eigenvalue weighted by Gasteiger charge is -2.30. The zero-order chi connectivity index (χ0) is 23.3. The molecule has 32 heavy (non-hydrogen) atoms. The number of hydrogen-bond acceptors (Lipinski definition) is 5. The van der Waals surface area contributed by atoms with Crippen LogP contribution >= 0.6 is 11.6 Å². The van der Waals surface area contributed by atoms with Crippen LogP contribution in [0.2, 0.25) is 5.02 Å². The molecule has 8 heteroatoms. The molecule has 0 fully saturated rings. The van der Waals surface area contributed by atoms with Crippen molar-refractivity contribution in [2.45, 2.75) is 26.7 Å². The predicted octanol–water partition coefficient (Wildman–Crippen LogP) is 3.89. The first-order chi connectivity index (χ1) is 15.3. The lowest BCUT2D eigenvalue weighted by Crippen LogP contribution is -2.40. The topological polar surface area (TPSA) is 76.2 Å². The number of rotatable bonds is 9. The second-order valence-electron chi connectivity index (χ2n) is 7.65. The van der Waals surface area contributed by atoms with E-state index in [2.05, 4.69) is 0 Å². The first-order valence-corrected chi connectivity index (χ1v) is 10.9. The van der Waals surface area contributed by atoms with E-state index in [0.29, 0.717) is 53.7 Å². The molecule has 2 amide bonds. The number of benzene rings is 2. The van der Waals surface area contributed by atoms with Gasteiger partial charge in [-0.05, 0) is 62.2 Å². The number of Topliss-reactive ketones (excluding diaryl/α,β-unsaturated/α-hetero) is 1. The highest BCUT2D eigenvalue weighted by atomic mass is 35.5. The summed E-state index contributed by atoms with van der Waals surface area (Å²) in [7, 11) is 1.75. The fraction of sp³-hybridized carbons (Fsp3) is 0.375. The molecule has 0 aromatic heterocycles.